The molecule has 5 nitrogen and oxygen atoms in total. The summed E-state index contributed by atoms with van der Waals surface area (Å²) in [5.41, 5.74) is 0.796. The highest BCUT2D eigenvalue weighted by atomic mass is 32.2. The van der Waals surface area contributed by atoms with Crippen molar-refractivity contribution in [1.82, 2.24) is 9.97 Å². The van der Waals surface area contributed by atoms with Crippen molar-refractivity contribution in [2.75, 3.05) is 11.4 Å². The van der Waals surface area contributed by atoms with Crippen LogP contribution in [-0.4, -0.2) is 27.7 Å². The van der Waals surface area contributed by atoms with Crippen molar-refractivity contribution in [3.8, 4) is 6.07 Å². The Morgan fingerprint density at radius 3 is 2.59 bits per heavy atom. The first-order valence-corrected chi connectivity index (χ1v) is 7.77. The summed E-state index contributed by atoms with van der Waals surface area (Å²) >= 11 is 1.31. The number of benzene rings is 1. The average molecular weight is 312 g/mol. The third kappa shape index (κ3) is 4.30. The van der Waals surface area contributed by atoms with Crippen molar-refractivity contribution in [2.45, 2.75) is 23.8 Å². The van der Waals surface area contributed by atoms with Crippen molar-refractivity contribution in [3.63, 3.8) is 0 Å². The summed E-state index contributed by atoms with van der Waals surface area (Å²) < 4.78 is 0. The minimum absolute atomic E-state index is 0.0566. The first-order valence-electron chi connectivity index (χ1n) is 6.89. The third-order valence-corrected chi connectivity index (χ3v) is 3.93. The molecule has 0 radical (unpaired) electrons. The lowest BCUT2D eigenvalue weighted by Crippen LogP contribution is -2.37. The number of para-hydroxylation sites is 1. The maximum Gasteiger partial charge on any atom is 0.240 e. The van der Waals surface area contributed by atoms with Gasteiger partial charge in [-0.2, -0.15) is 5.26 Å². The van der Waals surface area contributed by atoms with Crippen LogP contribution in [0.2, 0.25) is 0 Å². The molecule has 2 aromatic rings. The van der Waals surface area contributed by atoms with E-state index >= 15 is 0 Å². The van der Waals surface area contributed by atoms with E-state index in [9.17, 15) is 4.79 Å². The van der Waals surface area contributed by atoms with Crippen LogP contribution in [0, 0.1) is 11.3 Å². The maximum atomic E-state index is 12.7. The van der Waals surface area contributed by atoms with E-state index in [4.69, 9.17) is 5.26 Å². The van der Waals surface area contributed by atoms with Gasteiger partial charge in [-0.25, -0.2) is 9.97 Å². The minimum Gasteiger partial charge on any atom is -0.310 e. The summed E-state index contributed by atoms with van der Waals surface area (Å²) in [5.74, 6) is -0.0566. The number of hydrogen-bond acceptors (Lipinski definition) is 5. The Morgan fingerprint density at radius 2 is 1.95 bits per heavy atom. The average Bonchev–Trinajstić information content (AvgIpc) is 2.57. The molecule has 0 unspecified atom stereocenters. The summed E-state index contributed by atoms with van der Waals surface area (Å²) in [6.07, 6.45) is 3.59. The standard InChI is InChI=1S/C16H16N4OS/c1-13(22-16-18-10-6-11-19-16)15(21)20(12-5-9-17)14-7-3-2-4-8-14/h2-4,6-8,10-11,13H,5,12H2,1H3/t13-/m1/s1. The van der Waals surface area contributed by atoms with Crippen molar-refractivity contribution in [2.24, 2.45) is 0 Å². The molecule has 6 heteroatoms. The van der Waals surface area contributed by atoms with Gasteiger partial charge in [-0.15, -0.1) is 0 Å². The quantitative estimate of drug-likeness (QED) is 0.606. The first-order chi connectivity index (χ1) is 10.7. The number of nitriles is 1. The molecule has 112 valence electrons. The molecule has 2 rings (SSSR count). The van der Waals surface area contributed by atoms with E-state index in [1.807, 2.05) is 37.3 Å². The van der Waals surface area contributed by atoms with Crippen LogP contribution in [0.15, 0.2) is 53.9 Å². The van der Waals surface area contributed by atoms with Crippen LogP contribution in [0.5, 0.6) is 0 Å². The smallest absolute Gasteiger partial charge is 0.240 e. The van der Waals surface area contributed by atoms with Crippen LogP contribution in [-0.2, 0) is 4.79 Å². The molecule has 0 aliphatic heterocycles. The Morgan fingerprint density at radius 1 is 1.27 bits per heavy atom. The van der Waals surface area contributed by atoms with Gasteiger partial charge in [0, 0.05) is 24.6 Å². The molecule has 1 heterocycles. The van der Waals surface area contributed by atoms with Gasteiger partial charge in [-0.1, -0.05) is 30.0 Å². The van der Waals surface area contributed by atoms with E-state index < -0.39 is 0 Å². The lowest BCUT2D eigenvalue weighted by molar-refractivity contribution is -0.117. The van der Waals surface area contributed by atoms with Gasteiger partial charge in [0.05, 0.1) is 17.7 Å². The predicted octanol–water partition coefficient (Wildman–Crippen LogP) is 2.90. The number of carbonyl (C=O) groups is 1. The van der Waals surface area contributed by atoms with E-state index in [2.05, 4.69) is 16.0 Å². The second-order valence-electron chi connectivity index (χ2n) is 4.52. The van der Waals surface area contributed by atoms with Crippen molar-refractivity contribution >= 4 is 23.4 Å². The SMILES string of the molecule is C[C@@H](Sc1ncccn1)C(=O)N(CCC#N)c1ccccc1. The van der Waals surface area contributed by atoms with Crippen LogP contribution >= 0.6 is 11.8 Å². The molecule has 1 atom stereocenters. The molecule has 0 aliphatic rings. The van der Waals surface area contributed by atoms with E-state index in [0.717, 1.165) is 5.69 Å². The van der Waals surface area contributed by atoms with Gasteiger partial charge in [-0.05, 0) is 25.1 Å². The number of rotatable bonds is 6. The Kier molecular flexibility index (Phi) is 5.92. The Bertz CT molecular complexity index is 642. The second kappa shape index (κ2) is 8.15. The number of nitrogens with zero attached hydrogens (tertiary/aromatic N) is 4. The number of hydrogen-bond donors (Lipinski definition) is 0. The topological polar surface area (TPSA) is 69.9 Å². The van der Waals surface area contributed by atoms with Crippen molar-refractivity contribution < 1.29 is 4.79 Å². The fraction of sp³-hybridized carbons (Fsp3) is 0.250. The minimum atomic E-state index is -0.332. The van der Waals surface area contributed by atoms with Crippen LogP contribution < -0.4 is 4.90 Å². The van der Waals surface area contributed by atoms with Gasteiger partial charge >= 0.3 is 0 Å². The largest absolute Gasteiger partial charge is 0.310 e. The molecule has 0 aliphatic carbocycles. The molecule has 0 fully saturated rings. The van der Waals surface area contributed by atoms with Crippen LogP contribution in [0.25, 0.3) is 0 Å². The van der Waals surface area contributed by atoms with E-state index in [1.165, 1.54) is 11.8 Å². The molecule has 1 aromatic heterocycles. The summed E-state index contributed by atoms with van der Waals surface area (Å²) in [4.78, 5) is 22.6. The molecule has 0 spiro atoms. The molecule has 0 saturated heterocycles. The first kappa shape index (κ1) is 16.0. The third-order valence-electron chi connectivity index (χ3n) is 2.95. The molecule has 1 amide bonds. The highest BCUT2D eigenvalue weighted by Gasteiger charge is 2.23. The van der Waals surface area contributed by atoms with Crippen molar-refractivity contribution in [1.29, 1.82) is 5.26 Å². The van der Waals surface area contributed by atoms with E-state index in [-0.39, 0.29) is 11.2 Å². The van der Waals surface area contributed by atoms with Gasteiger partial charge in [0.25, 0.3) is 0 Å². The summed E-state index contributed by atoms with van der Waals surface area (Å²) in [7, 11) is 0. The highest BCUT2D eigenvalue weighted by molar-refractivity contribution is 8.00. The molecular formula is C16H16N4OS. The Hall–Kier alpha value is -2.39. The molecule has 0 saturated carbocycles. The monoisotopic (exact) mass is 312 g/mol. The summed E-state index contributed by atoms with van der Waals surface area (Å²) in [5, 5.41) is 9.04. The number of carbonyl (C=O) groups excluding carboxylic acids is 1. The lowest BCUT2D eigenvalue weighted by Gasteiger charge is -2.24. The fourth-order valence-corrected chi connectivity index (χ4v) is 2.70. The highest BCUT2D eigenvalue weighted by Crippen LogP contribution is 2.23. The van der Waals surface area contributed by atoms with Crippen LogP contribution in [0.4, 0.5) is 5.69 Å². The normalized spacial score (nSPS) is 11.5. The van der Waals surface area contributed by atoms with Gasteiger partial charge in [0.2, 0.25) is 5.91 Å². The number of aromatic nitrogens is 2. The lowest BCUT2D eigenvalue weighted by atomic mass is 10.2. The molecule has 0 N–H and O–H groups in total. The number of thioether (sulfide) groups is 1. The summed E-state index contributed by atoms with van der Waals surface area (Å²) in [6, 6.07) is 13.2. The Balaban J connectivity index is 2.13. The fourth-order valence-electron chi connectivity index (χ4n) is 1.91. The van der Waals surface area contributed by atoms with Crippen LogP contribution in [0.1, 0.15) is 13.3 Å². The van der Waals surface area contributed by atoms with Gasteiger partial charge in [0.15, 0.2) is 5.16 Å². The predicted molar refractivity (Wildman–Crippen MR) is 86.4 cm³/mol. The van der Waals surface area contributed by atoms with Crippen LogP contribution in [0.3, 0.4) is 0 Å². The molecule has 1 aromatic carbocycles. The zero-order valence-electron chi connectivity index (χ0n) is 12.2. The summed E-state index contributed by atoms with van der Waals surface area (Å²) in [6.45, 7) is 2.20. The van der Waals surface area contributed by atoms with Gasteiger partial charge < -0.3 is 4.90 Å². The zero-order valence-corrected chi connectivity index (χ0v) is 13.0. The van der Waals surface area contributed by atoms with Gasteiger partial charge in [-0.3, -0.25) is 4.79 Å². The number of anilines is 1. The second-order valence-corrected chi connectivity index (χ2v) is 5.83. The Labute approximate surface area is 134 Å². The zero-order chi connectivity index (χ0) is 15.8. The molecule has 0 bridgehead atoms. The van der Waals surface area contributed by atoms with Crippen molar-refractivity contribution in [3.05, 3.63) is 48.8 Å². The van der Waals surface area contributed by atoms with E-state index in [0.29, 0.717) is 18.1 Å². The maximum absolute atomic E-state index is 12.7. The van der Waals surface area contributed by atoms with E-state index in [1.54, 1.807) is 23.4 Å². The van der Waals surface area contributed by atoms with Gasteiger partial charge in [0.1, 0.15) is 0 Å². The molecule has 22 heavy (non-hydrogen) atoms. The number of amides is 1. The molecular weight excluding hydrogens is 296 g/mol.